The average Bonchev–Trinajstić information content (AvgIpc) is 3.24. The Morgan fingerprint density at radius 3 is 2.48 bits per heavy atom. The summed E-state index contributed by atoms with van der Waals surface area (Å²) in [5.74, 6) is 0. The van der Waals surface area contributed by atoms with E-state index >= 15 is 0 Å². The van der Waals surface area contributed by atoms with E-state index in [0.29, 0.717) is 0 Å². The Morgan fingerprint density at radius 2 is 1.60 bits per heavy atom. The third-order valence-corrected chi connectivity index (χ3v) is 5.66. The predicted octanol–water partition coefficient (Wildman–Crippen LogP) is 3.63. The fraction of sp³-hybridized carbons (Fsp3) is 0.450. The highest BCUT2D eigenvalue weighted by atomic mass is 15.3. The van der Waals surface area contributed by atoms with Gasteiger partial charge in [-0.3, -0.25) is 9.78 Å². The van der Waals surface area contributed by atoms with Crippen LogP contribution in [0.1, 0.15) is 48.2 Å². The van der Waals surface area contributed by atoms with E-state index in [1.807, 2.05) is 0 Å². The number of hydrogen-bond donors (Lipinski definition) is 1. The van der Waals surface area contributed by atoms with Gasteiger partial charge in [0.25, 0.3) is 0 Å². The zero-order chi connectivity index (χ0) is 16.8. The molecule has 0 spiro atoms. The molecule has 0 bridgehead atoms. The van der Waals surface area contributed by atoms with Crippen LogP contribution < -0.4 is 0 Å². The third-order valence-electron chi connectivity index (χ3n) is 5.66. The molecule has 0 atom stereocenters. The van der Waals surface area contributed by atoms with E-state index in [1.165, 1.54) is 48.2 Å². The van der Waals surface area contributed by atoms with Crippen LogP contribution in [0.4, 0.5) is 0 Å². The molecule has 5 heteroatoms. The molecule has 3 aromatic rings. The van der Waals surface area contributed by atoms with Crippen LogP contribution in [0, 0.1) is 0 Å². The number of H-pyrrole nitrogens is 1. The number of rotatable bonds is 2. The van der Waals surface area contributed by atoms with Crippen LogP contribution in [0.25, 0.3) is 22.8 Å². The van der Waals surface area contributed by atoms with E-state index in [9.17, 15) is 0 Å². The third kappa shape index (κ3) is 2.41. The van der Waals surface area contributed by atoms with Gasteiger partial charge in [0.1, 0.15) is 11.4 Å². The SMILES string of the molecule is Cn1nc(-c2cccc(-c3n[nH]c4c3CCCC4)n2)c2c1CCCC2. The predicted molar refractivity (Wildman–Crippen MR) is 97.3 cm³/mol. The normalized spacial score (nSPS) is 16.5. The summed E-state index contributed by atoms with van der Waals surface area (Å²) in [7, 11) is 2.06. The quantitative estimate of drug-likeness (QED) is 0.779. The zero-order valence-electron chi connectivity index (χ0n) is 14.7. The van der Waals surface area contributed by atoms with Gasteiger partial charge in [-0.15, -0.1) is 0 Å². The molecule has 0 fully saturated rings. The number of aromatic amines is 1. The van der Waals surface area contributed by atoms with Crippen molar-refractivity contribution in [3.05, 3.63) is 40.7 Å². The molecular weight excluding hydrogens is 310 g/mol. The Kier molecular flexibility index (Phi) is 3.47. The van der Waals surface area contributed by atoms with Gasteiger partial charge >= 0.3 is 0 Å². The molecule has 0 amide bonds. The Balaban J connectivity index is 1.59. The number of aromatic nitrogens is 5. The van der Waals surface area contributed by atoms with Crippen LogP contribution >= 0.6 is 0 Å². The first-order valence-electron chi connectivity index (χ1n) is 9.40. The van der Waals surface area contributed by atoms with Crippen LogP contribution in [0.5, 0.6) is 0 Å². The first-order valence-corrected chi connectivity index (χ1v) is 9.40. The standard InChI is InChI=1S/C20H23N5/c1-25-18-12-5-3-8-14(18)20(24-25)17-11-6-10-16(21-17)19-13-7-2-4-9-15(13)22-23-19/h6,10-11H,2-5,7-9,12H2,1H3,(H,22,23). The first-order chi connectivity index (χ1) is 12.3. The monoisotopic (exact) mass is 333 g/mol. The minimum atomic E-state index is 0.965. The molecule has 0 aromatic carbocycles. The molecule has 3 aromatic heterocycles. The van der Waals surface area contributed by atoms with Crippen molar-refractivity contribution in [2.24, 2.45) is 7.05 Å². The maximum absolute atomic E-state index is 4.96. The largest absolute Gasteiger partial charge is 0.282 e. The van der Waals surface area contributed by atoms with Gasteiger partial charge in [0, 0.05) is 29.6 Å². The highest BCUT2D eigenvalue weighted by molar-refractivity contribution is 5.67. The van der Waals surface area contributed by atoms with E-state index in [1.54, 1.807) is 0 Å². The average molecular weight is 333 g/mol. The molecule has 2 aliphatic rings. The van der Waals surface area contributed by atoms with E-state index in [4.69, 9.17) is 10.1 Å². The molecule has 0 unspecified atom stereocenters. The molecule has 0 radical (unpaired) electrons. The smallest absolute Gasteiger partial charge is 0.114 e. The van der Waals surface area contributed by atoms with Gasteiger partial charge in [-0.25, -0.2) is 4.98 Å². The van der Waals surface area contributed by atoms with Crippen molar-refractivity contribution in [3.63, 3.8) is 0 Å². The lowest BCUT2D eigenvalue weighted by molar-refractivity contribution is 0.626. The summed E-state index contributed by atoms with van der Waals surface area (Å²) >= 11 is 0. The summed E-state index contributed by atoms with van der Waals surface area (Å²) in [6, 6.07) is 6.25. The summed E-state index contributed by atoms with van der Waals surface area (Å²) in [5, 5.41) is 12.6. The van der Waals surface area contributed by atoms with Gasteiger partial charge in [0.05, 0.1) is 11.4 Å². The Morgan fingerprint density at radius 1 is 0.880 bits per heavy atom. The maximum Gasteiger partial charge on any atom is 0.114 e. The highest BCUT2D eigenvalue weighted by Crippen LogP contribution is 2.32. The Bertz CT molecular complexity index is 934. The molecule has 0 saturated heterocycles. The summed E-state index contributed by atoms with van der Waals surface area (Å²) in [6.45, 7) is 0. The van der Waals surface area contributed by atoms with E-state index < -0.39 is 0 Å². The number of nitrogens with one attached hydrogen (secondary N) is 1. The molecule has 0 aliphatic heterocycles. The van der Waals surface area contributed by atoms with Crippen molar-refractivity contribution < 1.29 is 0 Å². The van der Waals surface area contributed by atoms with Crippen LogP contribution in [0.15, 0.2) is 18.2 Å². The molecule has 1 N–H and O–H groups in total. The second-order valence-corrected chi connectivity index (χ2v) is 7.25. The van der Waals surface area contributed by atoms with Crippen LogP contribution in [0.2, 0.25) is 0 Å². The number of fused-ring (bicyclic) bond motifs is 2. The second kappa shape index (κ2) is 5.83. The van der Waals surface area contributed by atoms with Crippen molar-refractivity contribution in [1.29, 1.82) is 0 Å². The van der Waals surface area contributed by atoms with Gasteiger partial charge in [0.2, 0.25) is 0 Å². The lowest BCUT2D eigenvalue weighted by atomic mass is 9.94. The Hall–Kier alpha value is -2.43. The van der Waals surface area contributed by atoms with Gasteiger partial charge < -0.3 is 0 Å². The van der Waals surface area contributed by atoms with E-state index in [2.05, 4.69) is 40.1 Å². The molecule has 5 rings (SSSR count). The number of aryl methyl sites for hydroxylation is 2. The van der Waals surface area contributed by atoms with Crippen molar-refractivity contribution in [1.82, 2.24) is 25.0 Å². The van der Waals surface area contributed by atoms with Crippen molar-refractivity contribution in [2.75, 3.05) is 0 Å². The van der Waals surface area contributed by atoms with Gasteiger partial charge in [-0.1, -0.05) is 6.07 Å². The molecule has 2 aliphatic carbocycles. The zero-order valence-corrected chi connectivity index (χ0v) is 14.7. The van der Waals surface area contributed by atoms with Gasteiger partial charge in [0.15, 0.2) is 0 Å². The van der Waals surface area contributed by atoms with Crippen molar-refractivity contribution >= 4 is 0 Å². The van der Waals surface area contributed by atoms with Crippen LogP contribution in [-0.2, 0) is 32.7 Å². The molecule has 3 heterocycles. The Labute approximate surface area is 147 Å². The van der Waals surface area contributed by atoms with Crippen LogP contribution in [0.3, 0.4) is 0 Å². The van der Waals surface area contributed by atoms with E-state index in [0.717, 1.165) is 48.5 Å². The van der Waals surface area contributed by atoms with Gasteiger partial charge in [-0.05, 0) is 63.5 Å². The lowest BCUT2D eigenvalue weighted by Gasteiger charge is -2.13. The van der Waals surface area contributed by atoms with Crippen molar-refractivity contribution in [3.8, 4) is 22.8 Å². The summed E-state index contributed by atoms with van der Waals surface area (Å²) in [5.41, 5.74) is 9.46. The lowest BCUT2D eigenvalue weighted by Crippen LogP contribution is -2.05. The molecule has 128 valence electrons. The minimum Gasteiger partial charge on any atom is -0.282 e. The van der Waals surface area contributed by atoms with Crippen molar-refractivity contribution in [2.45, 2.75) is 51.4 Å². The molecule has 25 heavy (non-hydrogen) atoms. The van der Waals surface area contributed by atoms with Crippen LogP contribution in [-0.4, -0.2) is 25.0 Å². The topological polar surface area (TPSA) is 59.4 Å². The summed E-state index contributed by atoms with van der Waals surface area (Å²) in [6.07, 6.45) is 9.46. The fourth-order valence-corrected chi connectivity index (χ4v) is 4.37. The minimum absolute atomic E-state index is 0.965. The first kappa shape index (κ1) is 14.9. The summed E-state index contributed by atoms with van der Waals surface area (Å²) < 4.78 is 2.05. The summed E-state index contributed by atoms with van der Waals surface area (Å²) in [4.78, 5) is 4.96. The molecule has 0 saturated carbocycles. The number of nitrogens with zero attached hydrogens (tertiary/aromatic N) is 4. The second-order valence-electron chi connectivity index (χ2n) is 7.25. The van der Waals surface area contributed by atoms with Gasteiger partial charge in [-0.2, -0.15) is 10.2 Å². The number of pyridine rings is 1. The van der Waals surface area contributed by atoms with E-state index in [-0.39, 0.29) is 0 Å². The fourth-order valence-electron chi connectivity index (χ4n) is 4.37. The number of hydrogen-bond acceptors (Lipinski definition) is 3. The maximum atomic E-state index is 4.96. The molecular formula is C20H23N5. The highest BCUT2D eigenvalue weighted by Gasteiger charge is 2.23. The molecule has 5 nitrogen and oxygen atoms in total.